The van der Waals surface area contributed by atoms with Crippen molar-refractivity contribution in [2.75, 3.05) is 27.4 Å². The van der Waals surface area contributed by atoms with E-state index in [4.69, 9.17) is 9.47 Å². The van der Waals surface area contributed by atoms with Gasteiger partial charge in [0.1, 0.15) is 5.75 Å². The molecule has 0 aromatic heterocycles. The highest BCUT2D eigenvalue weighted by atomic mass is 16.5. The van der Waals surface area contributed by atoms with Gasteiger partial charge in [-0.1, -0.05) is 12.1 Å². The van der Waals surface area contributed by atoms with Crippen molar-refractivity contribution in [1.82, 2.24) is 4.90 Å². The normalized spacial score (nSPS) is 18.8. The predicted octanol–water partition coefficient (Wildman–Crippen LogP) is 1.73. The van der Waals surface area contributed by atoms with Gasteiger partial charge in [0.15, 0.2) is 0 Å². The first-order valence-electron chi connectivity index (χ1n) is 7.29. The summed E-state index contributed by atoms with van der Waals surface area (Å²) >= 11 is 0. The number of ether oxygens (including phenoxy) is 3. The summed E-state index contributed by atoms with van der Waals surface area (Å²) in [5.41, 5.74) is 1.69. The SMILES string of the molecule is COC(=O)/C=C1/C(=O)N2CCCOC2=C1c1ccc(OC)cc1. The number of rotatable bonds is 3. The summed E-state index contributed by atoms with van der Waals surface area (Å²) in [6.45, 7) is 1.12. The van der Waals surface area contributed by atoms with E-state index in [1.165, 1.54) is 13.2 Å². The van der Waals surface area contributed by atoms with Gasteiger partial charge in [0.25, 0.3) is 5.91 Å². The Bertz CT molecular complexity index is 702. The Morgan fingerprint density at radius 2 is 2.00 bits per heavy atom. The van der Waals surface area contributed by atoms with Crippen LogP contribution in [-0.4, -0.2) is 44.1 Å². The summed E-state index contributed by atoms with van der Waals surface area (Å²) in [4.78, 5) is 25.8. The van der Waals surface area contributed by atoms with E-state index in [-0.39, 0.29) is 5.91 Å². The number of benzene rings is 1. The molecule has 0 unspecified atom stereocenters. The molecule has 2 heterocycles. The molecule has 120 valence electrons. The Labute approximate surface area is 133 Å². The van der Waals surface area contributed by atoms with Crippen LogP contribution in [-0.2, 0) is 19.1 Å². The van der Waals surface area contributed by atoms with Crippen LogP contribution in [0, 0.1) is 0 Å². The number of hydrogen-bond donors (Lipinski definition) is 0. The highest BCUT2D eigenvalue weighted by Crippen LogP contribution is 2.39. The molecule has 1 aromatic carbocycles. The average molecular weight is 315 g/mol. The van der Waals surface area contributed by atoms with Crippen LogP contribution in [0.15, 0.2) is 41.8 Å². The third-order valence-corrected chi connectivity index (χ3v) is 3.81. The van der Waals surface area contributed by atoms with Gasteiger partial charge >= 0.3 is 5.97 Å². The number of fused-ring (bicyclic) bond motifs is 1. The second-order valence-electron chi connectivity index (χ2n) is 5.15. The molecular formula is C17H17NO5. The highest BCUT2D eigenvalue weighted by Gasteiger charge is 2.39. The topological polar surface area (TPSA) is 65.1 Å². The Kier molecular flexibility index (Phi) is 4.06. The molecule has 2 aliphatic heterocycles. The Morgan fingerprint density at radius 1 is 1.26 bits per heavy atom. The molecule has 1 amide bonds. The van der Waals surface area contributed by atoms with Crippen molar-refractivity contribution < 1.29 is 23.8 Å². The van der Waals surface area contributed by atoms with Crippen molar-refractivity contribution >= 4 is 17.4 Å². The third-order valence-electron chi connectivity index (χ3n) is 3.81. The van der Waals surface area contributed by atoms with Crippen LogP contribution in [0.3, 0.4) is 0 Å². The van der Waals surface area contributed by atoms with E-state index in [1.807, 2.05) is 12.1 Å². The van der Waals surface area contributed by atoms with Gasteiger partial charge in [-0.05, 0) is 24.1 Å². The number of methoxy groups -OCH3 is 2. The van der Waals surface area contributed by atoms with Crippen molar-refractivity contribution in [3.63, 3.8) is 0 Å². The first kappa shape index (κ1) is 15.1. The molecule has 1 aromatic rings. The van der Waals surface area contributed by atoms with E-state index in [0.717, 1.165) is 12.0 Å². The zero-order valence-corrected chi connectivity index (χ0v) is 13.0. The first-order valence-corrected chi connectivity index (χ1v) is 7.29. The third kappa shape index (κ3) is 2.67. The van der Waals surface area contributed by atoms with E-state index < -0.39 is 5.97 Å². The van der Waals surface area contributed by atoms with Crippen LogP contribution in [0.5, 0.6) is 5.75 Å². The van der Waals surface area contributed by atoms with Crippen molar-refractivity contribution in [2.24, 2.45) is 0 Å². The highest BCUT2D eigenvalue weighted by molar-refractivity contribution is 6.17. The fraction of sp³-hybridized carbons (Fsp3) is 0.294. The van der Waals surface area contributed by atoms with Gasteiger partial charge in [0.2, 0.25) is 5.88 Å². The standard InChI is InChI=1S/C17H17NO5/c1-21-12-6-4-11(5-7-12)15-13(10-14(19)22-2)16(20)18-8-3-9-23-17(15)18/h4-7,10H,3,8-9H2,1-2H3/b13-10+. The number of esters is 1. The summed E-state index contributed by atoms with van der Waals surface area (Å²) in [6.07, 6.45) is 1.98. The fourth-order valence-electron chi connectivity index (χ4n) is 2.69. The Hall–Kier alpha value is -2.76. The van der Waals surface area contributed by atoms with E-state index >= 15 is 0 Å². The zero-order chi connectivity index (χ0) is 16.4. The van der Waals surface area contributed by atoms with E-state index in [9.17, 15) is 9.59 Å². The average Bonchev–Trinajstić information content (AvgIpc) is 2.87. The van der Waals surface area contributed by atoms with Crippen LogP contribution in [0.1, 0.15) is 12.0 Å². The van der Waals surface area contributed by atoms with Crippen molar-refractivity contribution in [1.29, 1.82) is 0 Å². The van der Waals surface area contributed by atoms with Crippen molar-refractivity contribution in [2.45, 2.75) is 6.42 Å². The lowest BCUT2D eigenvalue weighted by Gasteiger charge is -2.25. The lowest BCUT2D eigenvalue weighted by Crippen LogP contribution is -2.32. The van der Waals surface area contributed by atoms with Crippen LogP contribution in [0.25, 0.3) is 5.57 Å². The van der Waals surface area contributed by atoms with Gasteiger partial charge in [-0.3, -0.25) is 9.69 Å². The number of carbonyl (C=O) groups is 2. The lowest BCUT2D eigenvalue weighted by molar-refractivity contribution is -0.135. The zero-order valence-electron chi connectivity index (χ0n) is 13.0. The van der Waals surface area contributed by atoms with Gasteiger partial charge in [-0.2, -0.15) is 0 Å². The number of hydrogen-bond acceptors (Lipinski definition) is 5. The fourth-order valence-corrected chi connectivity index (χ4v) is 2.69. The molecule has 0 bridgehead atoms. The largest absolute Gasteiger partial charge is 0.497 e. The van der Waals surface area contributed by atoms with E-state index in [1.54, 1.807) is 24.1 Å². The van der Waals surface area contributed by atoms with Crippen molar-refractivity contribution in [3.8, 4) is 5.75 Å². The predicted molar refractivity (Wildman–Crippen MR) is 82.3 cm³/mol. The maximum Gasteiger partial charge on any atom is 0.331 e. The van der Waals surface area contributed by atoms with Gasteiger partial charge in [0.05, 0.1) is 32.0 Å². The molecule has 3 rings (SSSR count). The molecular weight excluding hydrogens is 298 g/mol. The van der Waals surface area contributed by atoms with Crippen LogP contribution in [0.2, 0.25) is 0 Å². The quantitative estimate of drug-likeness (QED) is 0.628. The molecule has 6 nitrogen and oxygen atoms in total. The summed E-state index contributed by atoms with van der Waals surface area (Å²) in [7, 11) is 2.87. The van der Waals surface area contributed by atoms with Crippen LogP contribution < -0.4 is 4.74 Å². The minimum Gasteiger partial charge on any atom is -0.497 e. The van der Waals surface area contributed by atoms with Crippen molar-refractivity contribution in [3.05, 3.63) is 47.4 Å². The molecule has 0 aliphatic carbocycles. The number of nitrogens with zero attached hydrogens (tertiary/aromatic N) is 1. The molecule has 1 saturated heterocycles. The maximum absolute atomic E-state index is 12.6. The molecule has 2 aliphatic rings. The molecule has 0 radical (unpaired) electrons. The van der Waals surface area contributed by atoms with Gasteiger partial charge in [-0.25, -0.2) is 4.79 Å². The summed E-state index contributed by atoms with van der Waals surface area (Å²) in [5, 5.41) is 0. The monoisotopic (exact) mass is 315 g/mol. The molecule has 23 heavy (non-hydrogen) atoms. The molecule has 6 heteroatoms. The molecule has 0 saturated carbocycles. The maximum atomic E-state index is 12.6. The van der Waals surface area contributed by atoms with Gasteiger partial charge in [-0.15, -0.1) is 0 Å². The Balaban J connectivity index is 2.11. The molecule has 1 fully saturated rings. The second-order valence-corrected chi connectivity index (χ2v) is 5.15. The smallest absolute Gasteiger partial charge is 0.331 e. The summed E-state index contributed by atoms with van der Waals surface area (Å²) < 4.78 is 15.5. The molecule has 0 N–H and O–H groups in total. The molecule has 0 atom stereocenters. The minimum absolute atomic E-state index is 0.240. The second kappa shape index (κ2) is 6.16. The molecule has 0 spiro atoms. The number of carbonyl (C=O) groups excluding carboxylic acids is 2. The van der Waals surface area contributed by atoms with Gasteiger partial charge < -0.3 is 14.2 Å². The van der Waals surface area contributed by atoms with E-state index in [2.05, 4.69) is 4.74 Å². The minimum atomic E-state index is -0.570. The van der Waals surface area contributed by atoms with E-state index in [0.29, 0.717) is 35.9 Å². The van der Waals surface area contributed by atoms with Crippen LogP contribution >= 0.6 is 0 Å². The van der Waals surface area contributed by atoms with Gasteiger partial charge in [0, 0.05) is 12.6 Å². The summed E-state index contributed by atoms with van der Waals surface area (Å²) in [5.74, 6) is 0.404. The summed E-state index contributed by atoms with van der Waals surface area (Å²) in [6, 6.07) is 7.27. The first-order chi connectivity index (χ1) is 11.2. The Morgan fingerprint density at radius 3 is 2.65 bits per heavy atom. The number of amides is 1. The lowest BCUT2D eigenvalue weighted by atomic mass is 9.99. The van der Waals surface area contributed by atoms with Crippen LogP contribution in [0.4, 0.5) is 0 Å².